The molecule has 0 aliphatic heterocycles. The van der Waals surface area contributed by atoms with Crippen LogP contribution < -0.4 is 5.32 Å². The molecular formula is C6H11BFNO2. The molecule has 3 nitrogen and oxygen atoms in total. The number of allylic oxidation sites excluding steroid dienone is 1. The lowest BCUT2D eigenvalue weighted by molar-refractivity contribution is 0.165. The van der Waals surface area contributed by atoms with Crippen molar-refractivity contribution in [3.63, 3.8) is 0 Å². The van der Waals surface area contributed by atoms with Gasteiger partial charge in [-0.1, -0.05) is 0 Å². The second-order valence-electron chi connectivity index (χ2n) is 2.64. The molecular weight excluding hydrogens is 148 g/mol. The van der Waals surface area contributed by atoms with Gasteiger partial charge in [0.1, 0.15) is 12.1 Å². The van der Waals surface area contributed by atoms with Crippen LogP contribution in [0.1, 0.15) is 6.42 Å². The van der Waals surface area contributed by atoms with Crippen LogP contribution in [0.25, 0.3) is 0 Å². The Bertz CT molecular complexity index is 185. The summed E-state index contributed by atoms with van der Waals surface area (Å²) in [5, 5.41) is 20.3. The molecule has 0 heterocycles. The molecule has 3 N–H and O–H groups in total. The first-order valence-electron chi connectivity index (χ1n) is 3.55. The van der Waals surface area contributed by atoms with Crippen molar-refractivity contribution in [3.05, 3.63) is 11.4 Å². The van der Waals surface area contributed by atoms with E-state index in [1.807, 2.05) is 0 Å². The van der Waals surface area contributed by atoms with Crippen LogP contribution >= 0.6 is 0 Å². The molecule has 62 valence electrons. The lowest BCUT2D eigenvalue weighted by Gasteiger charge is -2.30. The number of halogens is 1. The fraction of sp³-hybridized carbons (Fsp3) is 0.667. The van der Waals surface area contributed by atoms with Gasteiger partial charge in [-0.3, -0.25) is 5.32 Å². The van der Waals surface area contributed by atoms with Crippen LogP contribution in [0.2, 0.25) is 5.82 Å². The van der Waals surface area contributed by atoms with Gasteiger partial charge in [0.05, 0.1) is 0 Å². The molecule has 0 aromatic heterocycles. The van der Waals surface area contributed by atoms with E-state index >= 15 is 0 Å². The number of aliphatic hydroxyl groups excluding tert-OH is 1. The van der Waals surface area contributed by atoms with E-state index in [-0.39, 0.29) is 25.5 Å². The Labute approximate surface area is 65.2 Å². The number of rotatable bonds is 3. The summed E-state index contributed by atoms with van der Waals surface area (Å²) in [6, 6.07) is 0. The number of hydrogen-bond donors (Lipinski definition) is 3. The molecule has 1 unspecified atom stereocenters. The number of hydrogen-bond acceptors (Lipinski definition) is 3. The van der Waals surface area contributed by atoms with E-state index in [4.69, 9.17) is 10.1 Å². The van der Waals surface area contributed by atoms with Crippen LogP contribution in [-0.4, -0.2) is 30.9 Å². The quantitative estimate of drug-likeness (QED) is 0.376. The van der Waals surface area contributed by atoms with E-state index in [2.05, 4.69) is 5.32 Å². The molecule has 0 fully saturated rings. The fourth-order valence-electron chi connectivity index (χ4n) is 1.22. The molecule has 0 radical (unpaired) electrons. The maximum atomic E-state index is 12.6. The summed E-state index contributed by atoms with van der Waals surface area (Å²) in [4.78, 5) is 0. The molecule has 0 spiro atoms. The van der Waals surface area contributed by atoms with Gasteiger partial charge in [0, 0.05) is 12.0 Å². The van der Waals surface area contributed by atoms with Crippen molar-refractivity contribution < 1.29 is 14.5 Å². The van der Waals surface area contributed by atoms with E-state index in [1.54, 1.807) is 0 Å². The summed E-state index contributed by atoms with van der Waals surface area (Å²) in [6.45, 7) is 0. The second-order valence-corrected chi connectivity index (χ2v) is 2.64. The van der Waals surface area contributed by atoms with Crippen LogP contribution in [0, 0.1) is 0 Å². The average molecular weight is 159 g/mol. The first-order valence-corrected chi connectivity index (χ1v) is 3.55. The Morgan fingerprint density at radius 3 is 2.82 bits per heavy atom. The fourth-order valence-corrected chi connectivity index (χ4v) is 1.22. The maximum absolute atomic E-state index is 12.6. The smallest absolute Gasteiger partial charge is 0.278 e. The molecule has 0 saturated carbocycles. The van der Waals surface area contributed by atoms with Crippen molar-refractivity contribution >= 4 is 7.48 Å². The van der Waals surface area contributed by atoms with Gasteiger partial charge in [-0.2, -0.15) is 0 Å². The predicted molar refractivity (Wildman–Crippen MR) is 40.9 cm³/mol. The van der Waals surface area contributed by atoms with Crippen molar-refractivity contribution in [2.45, 2.75) is 18.5 Å². The van der Waals surface area contributed by atoms with Gasteiger partial charge in [-0.25, -0.2) is 4.39 Å². The Morgan fingerprint density at radius 1 is 1.82 bits per heavy atom. The van der Waals surface area contributed by atoms with Crippen molar-refractivity contribution in [3.8, 4) is 0 Å². The van der Waals surface area contributed by atoms with Crippen molar-refractivity contribution in [2.24, 2.45) is 0 Å². The number of likely N-dealkylation sites (N-methyl/N-ethyl adjacent to an activating group) is 1. The minimum Gasteiger partial charge on any atom is -0.453 e. The normalized spacial score (nSPS) is 26.4. The van der Waals surface area contributed by atoms with Crippen LogP contribution in [0.3, 0.4) is 0 Å². The molecule has 0 bridgehead atoms. The van der Waals surface area contributed by atoms with Gasteiger partial charge in [-0.05, 0) is 12.9 Å². The summed E-state index contributed by atoms with van der Waals surface area (Å²) in [5.41, 5.74) is 0.301. The predicted octanol–water partition coefficient (Wildman–Crippen LogP) is -0.716. The largest absolute Gasteiger partial charge is 0.453 e. The van der Waals surface area contributed by atoms with Crippen LogP contribution in [0.15, 0.2) is 11.4 Å². The van der Waals surface area contributed by atoms with Crippen molar-refractivity contribution in [1.29, 1.82) is 0 Å². The van der Waals surface area contributed by atoms with Crippen LogP contribution in [-0.2, 0) is 0 Å². The zero-order valence-electron chi connectivity index (χ0n) is 6.34. The Morgan fingerprint density at radius 2 is 2.45 bits per heavy atom. The molecule has 2 atom stereocenters. The lowest BCUT2D eigenvalue weighted by Crippen LogP contribution is -2.35. The van der Waals surface area contributed by atoms with Gasteiger partial charge < -0.3 is 10.1 Å². The van der Waals surface area contributed by atoms with E-state index in [9.17, 15) is 4.39 Å². The van der Waals surface area contributed by atoms with Crippen molar-refractivity contribution in [2.75, 3.05) is 7.05 Å². The summed E-state index contributed by atoms with van der Waals surface area (Å²) < 4.78 is 12.6. The van der Waals surface area contributed by atoms with Crippen LogP contribution in [0.4, 0.5) is 4.39 Å². The average Bonchev–Trinajstić information content (AvgIpc) is 1.99. The van der Waals surface area contributed by atoms with Gasteiger partial charge in [-0.15, -0.1) is 0 Å². The lowest BCUT2D eigenvalue weighted by atomic mass is 9.65. The number of aliphatic hydroxyl groups is 1. The third-order valence-electron chi connectivity index (χ3n) is 1.97. The Hall–Kier alpha value is -0.385. The highest BCUT2D eigenvalue weighted by molar-refractivity contribution is 6.30. The monoisotopic (exact) mass is 159 g/mol. The zero-order valence-corrected chi connectivity index (χ0v) is 6.34. The molecule has 1 rings (SSSR count). The van der Waals surface area contributed by atoms with Gasteiger partial charge in [0.25, 0.3) is 7.48 Å². The maximum Gasteiger partial charge on any atom is 0.278 e. The first-order chi connectivity index (χ1) is 5.20. The Balaban J connectivity index is 2.62. The summed E-state index contributed by atoms with van der Waals surface area (Å²) >= 11 is 0. The topological polar surface area (TPSA) is 52.5 Å². The second kappa shape index (κ2) is 3.34. The standard InChI is InChI=1S/C6H11BFNO2/c1-9-6(10)5-3(7-11)2-4(5)8/h3,6-7,9-11H,2H2,1H3/t3-,6?/m1/s1. The molecule has 1 aliphatic rings. The van der Waals surface area contributed by atoms with E-state index in [0.717, 1.165) is 0 Å². The highest BCUT2D eigenvalue weighted by atomic mass is 19.1. The minimum atomic E-state index is -0.944. The molecule has 0 aromatic carbocycles. The molecule has 5 heteroatoms. The first kappa shape index (κ1) is 8.71. The molecule has 0 aromatic rings. The zero-order chi connectivity index (χ0) is 8.43. The van der Waals surface area contributed by atoms with Gasteiger partial charge >= 0.3 is 0 Å². The summed E-state index contributed by atoms with van der Waals surface area (Å²) in [6.07, 6.45) is -0.689. The third-order valence-corrected chi connectivity index (χ3v) is 1.97. The van der Waals surface area contributed by atoms with E-state index in [1.165, 1.54) is 7.05 Å². The molecule has 0 amide bonds. The molecule has 0 saturated heterocycles. The summed E-state index contributed by atoms with van der Waals surface area (Å²) in [5.74, 6) is -0.497. The van der Waals surface area contributed by atoms with E-state index < -0.39 is 6.23 Å². The molecule has 1 aliphatic carbocycles. The molecule has 11 heavy (non-hydrogen) atoms. The van der Waals surface area contributed by atoms with Crippen molar-refractivity contribution in [1.82, 2.24) is 5.32 Å². The minimum absolute atomic E-state index is 0.0957. The van der Waals surface area contributed by atoms with Gasteiger partial charge in [0.2, 0.25) is 0 Å². The highest BCUT2D eigenvalue weighted by Gasteiger charge is 2.34. The summed E-state index contributed by atoms with van der Waals surface area (Å²) in [7, 11) is 1.44. The Kier molecular flexibility index (Phi) is 2.65. The highest BCUT2D eigenvalue weighted by Crippen LogP contribution is 2.40. The number of nitrogens with one attached hydrogen (secondary N) is 1. The van der Waals surface area contributed by atoms with Crippen LogP contribution in [0.5, 0.6) is 0 Å². The van der Waals surface area contributed by atoms with Gasteiger partial charge in [0.15, 0.2) is 0 Å². The SMILES string of the molecule is CNC(O)C1=C(F)C[C@H]1BO. The third kappa shape index (κ3) is 1.45. The van der Waals surface area contributed by atoms with E-state index in [0.29, 0.717) is 5.57 Å².